The van der Waals surface area contributed by atoms with Crippen molar-refractivity contribution in [1.29, 1.82) is 0 Å². The fraction of sp³-hybridized carbons (Fsp3) is 0.654. The summed E-state index contributed by atoms with van der Waals surface area (Å²) in [4.78, 5) is 11.6. The van der Waals surface area contributed by atoms with E-state index in [-0.39, 0.29) is 17.2 Å². The van der Waals surface area contributed by atoms with Gasteiger partial charge in [-0.2, -0.15) is 0 Å². The van der Waals surface area contributed by atoms with E-state index >= 15 is 0 Å². The highest BCUT2D eigenvalue weighted by Crippen LogP contribution is 2.54. The SMILES string of the molecule is CCCCCCC(C)(C)c1ccc2c(c1)OC(C)(C)[C@@H]1CC=C(NC(C)=O)C[C@@]21O. The molecule has 0 fully saturated rings. The van der Waals surface area contributed by atoms with Crippen LogP contribution in [0, 0.1) is 5.92 Å². The van der Waals surface area contributed by atoms with E-state index in [2.05, 4.69) is 58.1 Å². The van der Waals surface area contributed by atoms with Gasteiger partial charge in [-0.3, -0.25) is 4.79 Å². The first-order valence-electron chi connectivity index (χ1n) is 11.5. The summed E-state index contributed by atoms with van der Waals surface area (Å²) in [6.45, 7) is 12.5. The zero-order valence-electron chi connectivity index (χ0n) is 19.6. The molecule has 166 valence electrons. The summed E-state index contributed by atoms with van der Waals surface area (Å²) in [5, 5.41) is 14.8. The van der Waals surface area contributed by atoms with Gasteiger partial charge in [0.05, 0.1) is 0 Å². The molecule has 0 radical (unpaired) electrons. The lowest BCUT2D eigenvalue weighted by atomic mass is 9.64. The quantitative estimate of drug-likeness (QED) is 0.562. The average Bonchev–Trinajstić information content (AvgIpc) is 2.63. The van der Waals surface area contributed by atoms with E-state index in [0.29, 0.717) is 12.8 Å². The number of benzene rings is 1. The molecular formula is C26H39NO3. The van der Waals surface area contributed by atoms with E-state index in [9.17, 15) is 9.90 Å². The Bertz CT molecular complexity index is 824. The highest BCUT2D eigenvalue weighted by atomic mass is 16.5. The summed E-state index contributed by atoms with van der Waals surface area (Å²) < 4.78 is 6.47. The molecule has 1 aliphatic heterocycles. The summed E-state index contributed by atoms with van der Waals surface area (Å²) >= 11 is 0. The van der Waals surface area contributed by atoms with Gasteiger partial charge in [0.1, 0.15) is 17.0 Å². The summed E-state index contributed by atoms with van der Waals surface area (Å²) in [5.74, 6) is 0.611. The first-order valence-corrected chi connectivity index (χ1v) is 11.5. The second kappa shape index (κ2) is 8.37. The predicted octanol–water partition coefficient (Wildman–Crippen LogP) is 5.72. The van der Waals surface area contributed by atoms with E-state index in [4.69, 9.17) is 4.74 Å². The fourth-order valence-corrected chi connectivity index (χ4v) is 5.28. The molecule has 3 rings (SSSR count). The molecule has 30 heavy (non-hydrogen) atoms. The molecule has 0 unspecified atom stereocenters. The minimum atomic E-state index is -1.05. The zero-order valence-corrected chi connectivity index (χ0v) is 19.6. The number of carbonyl (C=O) groups excluding carboxylic acids is 1. The third-order valence-corrected chi connectivity index (χ3v) is 7.07. The van der Waals surface area contributed by atoms with Gasteiger partial charge in [0.2, 0.25) is 5.91 Å². The largest absolute Gasteiger partial charge is 0.487 e. The first kappa shape index (κ1) is 22.9. The van der Waals surface area contributed by atoms with Crippen LogP contribution in [0.1, 0.15) is 97.6 Å². The number of fused-ring (bicyclic) bond motifs is 3. The Morgan fingerprint density at radius 3 is 2.67 bits per heavy atom. The molecule has 0 saturated heterocycles. The van der Waals surface area contributed by atoms with E-state index in [1.165, 1.54) is 38.2 Å². The molecule has 0 aromatic heterocycles. The van der Waals surface area contributed by atoms with Gasteiger partial charge in [0.15, 0.2) is 0 Å². The van der Waals surface area contributed by atoms with Crippen molar-refractivity contribution in [2.75, 3.05) is 0 Å². The Hall–Kier alpha value is -1.81. The number of hydrogen-bond acceptors (Lipinski definition) is 3. The third kappa shape index (κ3) is 4.44. The Kier molecular flexibility index (Phi) is 6.38. The van der Waals surface area contributed by atoms with Crippen molar-refractivity contribution in [1.82, 2.24) is 5.32 Å². The van der Waals surface area contributed by atoms with Crippen molar-refractivity contribution in [3.8, 4) is 5.75 Å². The molecule has 1 heterocycles. The molecule has 4 heteroatoms. The Labute approximate surface area is 182 Å². The normalized spacial score (nSPS) is 24.9. The Morgan fingerprint density at radius 1 is 1.27 bits per heavy atom. The van der Waals surface area contributed by atoms with E-state index in [1.807, 2.05) is 6.08 Å². The molecule has 1 aromatic rings. The van der Waals surface area contributed by atoms with Crippen LogP contribution < -0.4 is 10.1 Å². The second-order valence-electron chi connectivity index (χ2n) is 10.4. The summed E-state index contributed by atoms with van der Waals surface area (Å²) in [6.07, 6.45) is 9.27. The lowest BCUT2D eigenvalue weighted by Crippen LogP contribution is -2.55. The zero-order chi connectivity index (χ0) is 22.2. The van der Waals surface area contributed by atoms with Crippen molar-refractivity contribution < 1.29 is 14.6 Å². The van der Waals surface area contributed by atoms with Gasteiger partial charge in [-0.1, -0.05) is 64.7 Å². The highest BCUT2D eigenvalue weighted by Gasteiger charge is 2.54. The minimum Gasteiger partial charge on any atom is -0.487 e. The van der Waals surface area contributed by atoms with Gasteiger partial charge in [-0.25, -0.2) is 0 Å². The lowest BCUT2D eigenvalue weighted by molar-refractivity contribution is -0.130. The molecule has 0 saturated carbocycles. The van der Waals surface area contributed by atoms with Gasteiger partial charge >= 0.3 is 0 Å². The second-order valence-corrected chi connectivity index (χ2v) is 10.4. The molecule has 0 bridgehead atoms. The van der Waals surface area contributed by atoms with Crippen molar-refractivity contribution in [2.45, 2.75) is 103 Å². The van der Waals surface area contributed by atoms with Gasteiger partial charge in [-0.05, 0) is 43.7 Å². The molecule has 2 aliphatic rings. The molecule has 1 amide bonds. The number of carbonyl (C=O) groups is 1. The van der Waals surface area contributed by atoms with Gasteiger partial charge < -0.3 is 15.2 Å². The van der Waals surface area contributed by atoms with Crippen molar-refractivity contribution in [2.24, 2.45) is 5.92 Å². The molecule has 2 N–H and O–H groups in total. The maximum absolute atomic E-state index is 11.9. The van der Waals surface area contributed by atoms with Crippen molar-refractivity contribution >= 4 is 5.91 Å². The lowest BCUT2D eigenvalue weighted by Gasteiger charge is -2.52. The van der Waals surface area contributed by atoms with Gasteiger partial charge in [-0.15, -0.1) is 0 Å². The van der Waals surface area contributed by atoms with Gasteiger partial charge in [0, 0.05) is 30.5 Å². The van der Waals surface area contributed by atoms with Crippen LogP contribution in [0.15, 0.2) is 30.0 Å². The number of nitrogens with one attached hydrogen (secondary N) is 1. The maximum Gasteiger partial charge on any atom is 0.220 e. The first-order chi connectivity index (χ1) is 14.0. The van der Waals surface area contributed by atoms with Crippen LogP contribution in [0.25, 0.3) is 0 Å². The van der Waals surface area contributed by atoms with Crippen molar-refractivity contribution in [3.63, 3.8) is 0 Å². The molecule has 0 spiro atoms. The van der Waals surface area contributed by atoms with Crippen LogP contribution in [0.5, 0.6) is 5.75 Å². The number of allylic oxidation sites excluding steroid dienone is 1. The highest BCUT2D eigenvalue weighted by molar-refractivity contribution is 5.75. The van der Waals surface area contributed by atoms with E-state index in [1.54, 1.807) is 0 Å². The number of amides is 1. The molecule has 4 nitrogen and oxygen atoms in total. The number of unbranched alkanes of at least 4 members (excludes halogenated alkanes) is 3. The summed E-state index contributed by atoms with van der Waals surface area (Å²) in [6, 6.07) is 6.35. The Morgan fingerprint density at radius 2 is 2.00 bits per heavy atom. The minimum absolute atomic E-state index is 0.0591. The fourth-order valence-electron chi connectivity index (χ4n) is 5.28. The Balaban J connectivity index is 1.92. The topological polar surface area (TPSA) is 58.6 Å². The standard InChI is InChI=1S/C26H39NO3/c1-7-8-9-10-15-24(3,4)19-11-13-21-22(16-19)30-25(5,6)23-14-12-20(27-18(2)28)17-26(21,23)29/h11-13,16,23,29H,7-10,14-15,17H2,1-6H3,(H,27,28)/t23-,26+/m0/s1. The maximum atomic E-state index is 11.9. The number of rotatable bonds is 7. The number of hydrogen-bond donors (Lipinski definition) is 2. The van der Waals surface area contributed by atoms with Crippen LogP contribution in [0.2, 0.25) is 0 Å². The van der Waals surface area contributed by atoms with Gasteiger partial charge in [0.25, 0.3) is 0 Å². The molecular weight excluding hydrogens is 374 g/mol. The monoisotopic (exact) mass is 413 g/mol. The van der Waals surface area contributed by atoms with E-state index in [0.717, 1.165) is 23.4 Å². The predicted molar refractivity (Wildman–Crippen MR) is 121 cm³/mol. The van der Waals surface area contributed by atoms with E-state index < -0.39 is 11.2 Å². The molecule has 1 aromatic carbocycles. The van der Waals surface area contributed by atoms with Crippen LogP contribution >= 0.6 is 0 Å². The average molecular weight is 414 g/mol. The van der Waals surface area contributed by atoms with Crippen LogP contribution in [-0.2, 0) is 15.8 Å². The van der Waals surface area contributed by atoms with Crippen LogP contribution in [0.3, 0.4) is 0 Å². The summed E-state index contributed by atoms with van der Waals surface area (Å²) in [5.41, 5.74) is 1.41. The number of ether oxygens (including phenoxy) is 1. The third-order valence-electron chi connectivity index (χ3n) is 7.07. The molecule has 1 aliphatic carbocycles. The van der Waals surface area contributed by atoms with Crippen LogP contribution in [-0.4, -0.2) is 16.6 Å². The van der Waals surface area contributed by atoms with Crippen LogP contribution in [0.4, 0.5) is 0 Å². The smallest absolute Gasteiger partial charge is 0.220 e. The summed E-state index contributed by atoms with van der Waals surface area (Å²) in [7, 11) is 0. The number of aliphatic hydroxyl groups is 1. The molecule has 2 atom stereocenters. The van der Waals surface area contributed by atoms with Crippen molar-refractivity contribution in [3.05, 3.63) is 41.1 Å².